The molecule has 0 aliphatic heterocycles. The molecule has 1 radical (unpaired) electrons. The summed E-state index contributed by atoms with van der Waals surface area (Å²) in [5, 5.41) is 13.2. The summed E-state index contributed by atoms with van der Waals surface area (Å²) in [6.07, 6.45) is -0.447. The minimum absolute atomic E-state index is 0. The molecule has 0 spiro atoms. The molecule has 2 rings (SSSR count). The first-order valence-corrected chi connectivity index (χ1v) is 12.0. The van der Waals surface area contributed by atoms with Crippen molar-refractivity contribution in [1.29, 1.82) is 0 Å². The van der Waals surface area contributed by atoms with E-state index in [1.54, 1.807) is 59.9 Å². The molecule has 2 N–H and O–H groups in total. The second-order valence-electron chi connectivity index (χ2n) is 5.89. The van der Waals surface area contributed by atoms with E-state index in [1.165, 1.54) is 4.57 Å². The van der Waals surface area contributed by atoms with E-state index in [1.807, 2.05) is 0 Å². The molecule has 185 valence electrons. The van der Waals surface area contributed by atoms with Gasteiger partial charge in [-0.2, -0.15) is 18.2 Å². The molecular formula is C19H25N5O7S2Y-2. The van der Waals surface area contributed by atoms with Gasteiger partial charge in [0.25, 0.3) is 0 Å². The van der Waals surface area contributed by atoms with Gasteiger partial charge in [-0.25, -0.2) is 14.3 Å². The Morgan fingerprint density at radius 1 is 1.21 bits per heavy atom. The molecule has 0 atom stereocenters. The van der Waals surface area contributed by atoms with Crippen LogP contribution in [0.4, 0.5) is 21.1 Å². The number of nitro groups is 1. The third-order valence-corrected chi connectivity index (χ3v) is 5.92. The molecule has 0 unspecified atom stereocenters. The largest absolute Gasteiger partial charge is 0.632 e. The number of rotatable bonds is 12. The number of ether oxygens (including phenoxy) is 3. The van der Waals surface area contributed by atoms with E-state index in [0.29, 0.717) is 18.1 Å². The Morgan fingerprint density at radius 2 is 1.85 bits per heavy atom. The molecule has 1 aromatic carbocycles. The van der Waals surface area contributed by atoms with Crippen LogP contribution in [-0.2, 0) is 53.5 Å². The summed E-state index contributed by atoms with van der Waals surface area (Å²) in [5.74, 6) is 2.01. The van der Waals surface area contributed by atoms with Crippen LogP contribution in [-0.4, -0.2) is 65.1 Å². The van der Waals surface area contributed by atoms with E-state index in [9.17, 15) is 19.7 Å². The van der Waals surface area contributed by atoms with Gasteiger partial charge in [0.05, 0.1) is 6.61 Å². The molecule has 34 heavy (non-hydrogen) atoms. The van der Waals surface area contributed by atoms with Crippen LogP contribution < -0.4 is 5.32 Å². The summed E-state index contributed by atoms with van der Waals surface area (Å²) in [6.45, 7) is 2.78. The maximum atomic E-state index is 11.4. The molecule has 0 aliphatic rings. The molecule has 0 fully saturated rings. The van der Waals surface area contributed by atoms with Gasteiger partial charge in [0, 0.05) is 58.2 Å². The number of carbonyl (C=O) groups is 2. The molecule has 0 saturated carbocycles. The van der Waals surface area contributed by atoms with Gasteiger partial charge >= 0.3 is 11.9 Å². The van der Waals surface area contributed by atoms with Gasteiger partial charge in [0.1, 0.15) is 26.0 Å². The molecule has 0 aliphatic carbocycles. The summed E-state index contributed by atoms with van der Waals surface area (Å²) >= 11 is 0. The molecular weight excluding hydrogens is 563 g/mol. The average molecular weight is 588 g/mol. The standard InChI is InChI=1S/C12H16NO3S2.C7H10N4O4.Y/c1-15-7-9-17-18-10-8-16-12(14)13-11-5-3-2-4-6-11;1-5-9-4-6(11(13)14)10(5)2-3-15-7(8)12;/h3-6H,7-10H2,1H3,(H,13,14);4H,2-3H2,1H3,(H2,8,12);/q-1;;/p-1. The molecule has 12 nitrogen and oxygen atoms in total. The zero-order valence-corrected chi connectivity index (χ0v) is 23.2. The van der Waals surface area contributed by atoms with Gasteiger partial charge in [-0.3, -0.25) is 4.79 Å². The number of benzene rings is 1. The van der Waals surface area contributed by atoms with Crippen LogP contribution in [0.3, 0.4) is 0 Å². The quantitative estimate of drug-likeness (QED) is 0.124. The fraction of sp³-hybridized carbons (Fsp3) is 0.421. The topological polar surface area (TPSA) is 159 Å². The second kappa shape index (κ2) is 19.4. The Bertz CT molecular complexity index is 874. The van der Waals surface area contributed by atoms with E-state index in [0.717, 1.165) is 24.3 Å². The van der Waals surface area contributed by atoms with E-state index in [-0.39, 0.29) is 51.7 Å². The molecule has 2 amide bonds. The van der Waals surface area contributed by atoms with Gasteiger partial charge in [-0.1, -0.05) is 27.3 Å². The van der Waals surface area contributed by atoms with Crippen molar-refractivity contribution in [3.63, 3.8) is 0 Å². The molecule has 1 aromatic heterocycles. The van der Waals surface area contributed by atoms with Gasteiger partial charge in [0.2, 0.25) is 6.09 Å². The Labute approximate surface area is 230 Å². The van der Waals surface area contributed by atoms with E-state index < -0.39 is 17.1 Å². The van der Waals surface area contributed by atoms with Crippen LogP contribution in [0.5, 0.6) is 0 Å². The minimum Gasteiger partial charge on any atom is -0.632 e. The van der Waals surface area contributed by atoms with Crippen molar-refractivity contribution in [2.24, 2.45) is 0 Å². The first-order chi connectivity index (χ1) is 15.8. The van der Waals surface area contributed by atoms with Gasteiger partial charge in [-0.15, -0.1) is 12.1 Å². The Kier molecular flexibility index (Phi) is 18.4. The number of amides is 2. The van der Waals surface area contributed by atoms with Crippen molar-refractivity contribution in [3.05, 3.63) is 58.2 Å². The fourth-order valence-corrected chi connectivity index (χ4v) is 3.87. The van der Waals surface area contributed by atoms with E-state index in [4.69, 9.17) is 15.2 Å². The zero-order valence-electron chi connectivity index (χ0n) is 18.7. The van der Waals surface area contributed by atoms with Crippen LogP contribution in [0.1, 0.15) is 5.82 Å². The third-order valence-electron chi connectivity index (χ3n) is 3.59. The van der Waals surface area contributed by atoms with Gasteiger partial charge in [-0.05, 0) is 4.92 Å². The smallest absolute Gasteiger partial charge is 0.409 e. The first kappa shape index (κ1) is 32.1. The third kappa shape index (κ3) is 14.4. The fourth-order valence-electron chi connectivity index (χ4n) is 2.14. The monoisotopic (exact) mass is 588 g/mol. The Balaban J connectivity index is 0.000000632. The van der Waals surface area contributed by atoms with Crippen molar-refractivity contribution in [2.45, 2.75) is 13.5 Å². The molecule has 1 heterocycles. The van der Waals surface area contributed by atoms with Crippen molar-refractivity contribution in [2.75, 3.05) is 43.8 Å². The number of aromatic nitrogens is 2. The average Bonchev–Trinajstić information content (AvgIpc) is 3.15. The zero-order chi connectivity index (χ0) is 24.5. The summed E-state index contributed by atoms with van der Waals surface area (Å²) in [4.78, 5) is 35.3. The number of anilines is 1. The summed E-state index contributed by atoms with van der Waals surface area (Å²) in [6, 6.07) is 9.86. The van der Waals surface area contributed by atoms with E-state index >= 15 is 0 Å². The summed E-state index contributed by atoms with van der Waals surface area (Å²) in [5.41, 5.74) is 7.19. The maximum Gasteiger partial charge on any atom is 0.409 e. The summed E-state index contributed by atoms with van der Waals surface area (Å²) in [7, 11) is 5.06. The van der Waals surface area contributed by atoms with Gasteiger partial charge < -0.3 is 35.4 Å². The van der Waals surface area contributed by atoms with Crippen LogP contribution in [0, 0.1) is 23.1 Å². The molecule has 0 bridgehead atoms. The summed E-state index contributed by atoms with van der Waals surface area (Å²) < 4.78 is 15.6. The predicted octanol–water partition coefficient (Wildman–Crippen LogP) is 4.35. The molecule has 15 heteroatoms. The van der Waals surface area contributed by atoms with Crippen molar-refractivity contribution in [3.8, 4) is 0 Å². The van der Waals surface area contributed by atoms with Crippen LogP contribution in [0.15, 0.2) is 30.5 Å². The number of nitrogens with zero attached hydrogens (tertiary/aromatic N) is 3. The van der Waals surface area contributed by atoms with Crippen molar-refractivity contribution >= 4 is 45.3 Å². The maximum absolute atomic E-state index is 11.4. The number of hydrogen-bond acceptors (Lipinski definition) is 10. The SMILES string of the molecule is COCCSSCCOC(=O)Nc1cc[c-]cc1.Cc1ncc([N+](=O)[O-])n1CCOC([NH-])=O.[Y]. The molecule has 2 aromatic rings. The van der Waals surface area contributed by atoms with Crippen LogP contribution >= 0.6 is 21.6 Å². The van der Waals surface area contributed by atoms with Crippen LogP contribution in [0.2, 0.25) is 0 Å². The number of hydrogen-bond donors (Lipinski definition) is 1. The Morgan fingerprint density at radius 3 is 2.44 bits per heavy atom. The number of methoxy groups -OCH3 is 1. The van der Waals surface area contributed by atoms with Crippen LogP contribution in [0.25, 0.3) is 5.73 Å². The molecule has 0 saturated heterocycles. The van der Waals surface area contributed by atoms with Gasteiger partial charge in [0.15, 0.2) is 5.82 Å². The number of carbonyl (C=O) groups excluding carboxylic acids is 2. The normalized spacial score (nSPS) is 9.71. The Hall–Kier alpha value is -1.87. The van der Waals surface area contributed by atoms with Crippen molar-refractivity contribution < 1.29 is 61.4 Å². The first-order valence-electron chi connectivity index (χ1n) is 9.53. The number of aryl methyl sites for hydroxylation is 1. The van der Waals surface area contributed by atoms with E-state index in [2.05, 4.69) is 21.1 Å². The number of nitrogens with one attached hydrogen (secondary N) is 2. The minimum atomic E-state index is -1.16. The number of imidazole rings is 1. The second-order valence-corrected chi connectivity index (χ2v) is 8.60. The predicted molar refractivity (Wildman–Crippen MR) is 126 cm³/mol. The van der Waals surface area contributed by atoms with Crippen molar-refractivity contribution in [1.82, 2.24) is 9.55 Å².